The summed E-state index contributed by atoms with van der Waals surface area (Å²) < 4.78 is 7.68. The molecule has 0 radical (unpaired) electrons. The van der Waals surface area contributed by atoms with Crippen LogP contribution in [0.25, 0.3) is 0 Å². The number of aromatic nitrogens is 2. The minimum atomic E-state index is 0.440. The molecular formula is C10H15ClN2O. The van der Waals surface area contributed by atoms with Crippen LogP contribution in [0.3, 0.4) is 0 Å². The van der Waals surface area contributed by atoms with Crippen molar-refractivity contribution in [2.24, 2.45) is 0 Å². The van der Waals surface area contributed by atoms with Gasteiger partial charge in [0.15, 0.2) is 0 Å². The summed E-state index contributed by atoms with van der Waals surface area (Å²) in [6.45, 7) is 2.85. The summed E-state index contributed by atoms with van der Waals surface area (Å²) in [4.78, 5) is 4.10. The molecule has 0 unspecified atom stereocenters. The highest BCUT2D eigenvalue weighted by atomic mass is 35.5. The molecule has 1 aromatic heterocycles. The molecule has 0 amide bonds. The molecule has 0 atom stereocenters. The minimum absolute atomic E-state index is 0.440. The van der Waals surface area contributed by atoms with Gasteiger partial charge in [0.1, 0.15) is 0 Å². The van der Waals surface area contributed by atoms with Crippen molar-refractivity contribution in [3.63, 3.8) is 0 Å². The van der Waals surface area contributed by atoms with Crippen LogP contribution in [0.4, 0.5) is 0 Å². The maximum absolute atomic E-state index is 5.80. The van der Waals surface area contributed by atoms with Crippen molar-refractivity contribution < 1.29 is 4.74 Å². The van der Waals surface area contributed by atoms with E-state index in [1.54, 1.807) is 0 Å². The zero-order chi connectivity index (χ0) is 9.97. The Labute approximate surface area is 89.0 Å². The van der Waals surface area contributed by atoms with E-state index in [0.717, 1.165) is 25.1 Å². The fourth-order valence-electron chi connectivity index (χ4n) is 1.90. The van der Waals surface area contributed by atoms with E-state index in [4.69, 9.17) is 16.3 Å². The van der Waals surface area contributed by atoms with Crippen LogP contribution in [0, 0.1) is 0 Å². The Bertz CT molecular complexity index is 294. The fourth-order valence-corrected chi connectivity index (χ4v) is 2.11. The van der Waals surface area contributed by atoms with Crippen LogP contribution < -0.4 is 0 Å². The normalized spacial score (nSPS) is 26.1. The van der Waals surface area contributed by atoms with E-state index in [1.807, 2.05) is 19.4 Å². The van der Waals surface area contributed by atoms with Crippen LogP contribution in [-0.4, -0.2) is 22.3 Å². The van der Waals surface area contributed by atoms with Crippen LogP contribution in [0.15, 0.2) is 12.5 Å². The molecule has 3 nitrogen and oxygen atoms in total. The van der Waals surface area contributed by atoms with Gasteiger partial charge in [-0.1, -0.05) is 0 Å². The molecule has 14 heavy (non-hydrogen) atoms. The molecule has 0 aliphatic heterocycles. The fraction of sp³-hybridized carbons (Fsp3) is 0.700. The lowest BCUT2D eigenvalue weighted by Crippen LogP contribution is -2.33. The molecule has 0 aromatic carbocycles. The third-order valence-electron chi connectivity index (χ3n) is 2.75. The van der Waals surface area contributed by atoms with Crippen molar-refractivity contribution in [1.29, 1.82) is 0 Å². The average molecular weight is 215 g/mol. The second-order valence-corrected chi connectivity index (χ2v) is 3.90. The van der Waals surface area contributed by atoms with Crippen molar-refractivity contribution in [1.82, 2.24) is 9.55 Å². The highest BCUT2D eigenvalue weighted by Gasteiger charge is 2.31. The molecule has 0 spiro atoms. The van der Waals surface area contributed by atoms with E-state index in [2.05, 4.69) is 9.55 Å². The second kappa shape index (κ2) is 4.32. The summed E-state index contributed by atoms with van der Waals surface area (Å²) in [6, 6.07) is 0.544. The maximum atomic E-state index is 5.80. The van der Waals surface area contributed by atoms with Crippen LogP contribution in [0.5, 0.6) is 0 Å². The Balaban J connectivity index is 1.92. The molecule has 1 heterocycles. The monoisotopic (exact) mass is 214 g/mol. The molecule has 1 saturated carbocycles. The third kappa shape index (κ3) is 1.79. The second-order valence-electron chi connectivity index (χ2n) is 3.63. The molecule has 2 rings (SSSR count). The smallest absolute Gasteiger partial charge is 0.0951 e. The Morgan fingerprint density at radius 2 is 2.43 bits per heavy atom. The van der Waals surface area contributed by atoms with Crippen LogP contribution in [0.1, 0.15) is 31.5 Å². The van der Waals surface area contributed by atoms with Crippen LogP contribution >= 0.6 is 11.6 Å². The van der Waals surface area contributed by atoms with E-state index in [1.165, 1.54) is 0 Å². The van der Waals surface area contributed by atoms with Crippen LogP contribution in [0.2, 0.25) is 0 Å². The van der Waals surface area contributed by atoms with Gasteiger partial charge in [-0.2, -0.15) is 0 Å². The van der Waals surface area contributed by atoms with E-state index in [9.17, 15) is 0 Å². The predicted octanol–water partition coefficient (Wildman–Crippen LogP) is 2.36. The first-order chi connectivity index (χ1) is 6.85. The molecule has 0 N–H and O–H groups in total. The molecule has 1 fully saturated rings. The summed E-state index contributed by atoms with van der Waals surface area (Å²) in [5.41, 5.74) is 1.10. The van der Waals surface area contributed by atoms with Gasteiger partial charge in [-0.05, 0) is 19.8 Å². The summed E-state index contributed by atoms with van der Waals surface area (Å²) in [5, 5.41) is 0. The Hall–Kier alpha value is -0.540. The van der Waals surface area contributed by atoms with Gasteiger partial charge < -0.3 is 9.30 Å². The van der Waals surface area contributed by atoms with Gasteiger partial charge in [-0.3, -0.25) is 0 Å². The molecule has 0 saturated heterocycles. The van der Waals surface area contributed by atoms with E-state index < -0.39 is 0 Å². The van der Waals surface area contributed by atoms with Gasteiger partial charge in [0.05, 0.1) is 24.0 Å². The number of ether oxygens (including phenoxy) is 1. The topological polar surface area (TPSA) is 27.1 Å². The van der Waals surface area contributed by atoms with Crippen molar-refractivity contribution >= 4 is 11.6 Å². The van der Waals surface area contributed by atoms with Gasteiger partial charge in [0, 0.05) is 18.8 Å². The van der Waals surface area contributed by atoms with Crippen molar-refractivity contribution in [2.45, 2.75) is 37.8 Å². The number of nitrogens with zero attached hydrogens (tertiary/aromatic N) is 2. The molecule has 1 aliphatic carbocycles. The molecule has 1 aliphatic rings. The Morgan fingerprint density at radius 3 is 3.07 bits per heavy atom. The van der Waals surface area contributed by atoms with Gasteiger partial charge >= 0.3 is 0 Å². The number of halogens is 1. The highest BCUT2D eigenvalue weighted by molar-refractivity contribution is 6.16. The lowest BCUT2D eigenvalue weighted by atomic mass is 9.89. The van der Waals surface area contributed by atoms with Crippen molar-refractivity contribution in [3.8, 4) is 0 Å². The molecule has 78 valence electrons. The van der Waals surface area contributed by atoms with Gasteiger partial charge in [0.2, 0.25) is 0 Å². The first-order valence-electron chi connectivity index (χ1n) is 5.03. The lowest BCUT2D eigenvalue weighted by molar-refractivity contribution is -0.0201. The Morgan fingerprint density at radius 1 is 1.64 bits per heavy atom. The summed E-state index contributed by atoms with van der Waals surface area (Å²) in [5.74, 6) is 0.538. The molecule has 1 aromatic rings. The van der Waals surface area contributed by atoms with Gasteiger partial charge in [0.25, 0.3) is 0 Å². The number of hydrogen-bond donors (Lipinski definition) is 0. The minimum Gasteiger partial charge on any atom is -0.378 e. The average Bonchev–Trinajstić information content (AvgIpc) is 2.58. The quantitative estimate of drug-likeness (QED) is 0.720. The largest absolute Gasteiger partial charge is 0.378 e. The number of hydrogen-bond acceptors (Lipinski definition) is 2. The predicted molar refractivity (Wildman–Crippen MR) is 55.5 cm³/mol. The summed E-state index contributed by atoms with van der Waals surface area (Å²) in [7, 11) is 0. The summed E-state index contributed by atoms with van der Waals surface area (Å²) >= 11 is 5.80. The van der Waals surface area contributed by atoms with E-state index in [0.29, 0.717) is 18.0 Å². The van der Waals surface area contributed by atoms with Crippen LogP contribution in [-0.2, 0) is 10.6 Å². The molecule has 4 heteroatoms. The van der Waals surface area contributed by atoms with E-state index in [-0.39, 0.29) is 0 Å². The highest BCUT2D eigenvalue weighted by Crippen LogP contribution is 2.35. The molecule has 0 bridgehead atoms. The Kier molecular flexibility index (Phi) is 3.08. The van der Waals surface area contributed by atoms with Crippen molar-refractivity contribution in [2.75, 3.05) is 6.61 Å². The first kappa shape index (κ1) is 9.99. The maximum Gasteiger partial charge on any atom is 0.0951 e. The number of alkyl halides is 1. The lowest BCUT2D eigenvalue weighted by Gasteiger charge is -2.36. The van der Waals surface area contributed by atoms with Gasteiger partial charge in [-0.15, -0.1) is 11.6 Å². The summed E-state index contributed by atoms with van der Waals surface area (Å²) in [6.07, 6.45) is 6.32. The first-order valence-corrected chi connectivity index (χ1v) is 5.56. The SMILES string of the molecule is CCOC1CC(n2cncc2CCl)C1. The number of rotatable bonds is 4. The zero-order valence-electron chi connectivity index (χ0n) is 8.32. The van der Waals surface area contributed by atoms with Gasteiger partial charge in [-0.25, -0.2) is 4.98 Å². The third-order valence-corrected chi connectivity index (χ3v) is 3.02. The molecular weight excluding hydrogens is 200 g/mol. The number of imidazole rings is 1. The van der Waals surface area contributed by atoms with Crippen molar-refractivity contribution in [3.05, 3.63) is 18.2 Å². The standard InChI is InChI=1S/C10H15ClN2O/c1-2-14-10-3-8(4-10)13-7-12-6-9(13)5-11/h6-8,10H,2-5H2,1H3. The zero-order valence-corrected chi connectivity index (χ0v) is 9.07. The van der Waals surface area contributed by atoms with E-state index >= 15 is 0 Å².